The first-order valence-corrected chi connectivity index (χ1v) is 9.27. The standard InChI is InChI=1S/C21H27N3O4/c1-7-24-12-14(8-9-17(24)25)15-10-16(23-20(27)28-21(4,5)6)18(22-11-15)19(26)13(2)3/h8-13H,7H2,1-6H3,(H,23,27). The van der Waals surface area contributed by atoms with Gasteiger partial charge in [0, 0.05) is 36.5 Å². The first-order valence-electron chi connectivity index (χ1n) is 9.27. The minimum Gasteiger partial charge on any atom is -0.444 e. The molecule has 28 heavy (non-hydrogen) atoms. The minimum absolute atomic E-state index is 0.0991. The smallest absolute Gasteiger partial charge is 0.412 e. The first kappa shape index (κ1) is 21.3. The van der Waals surface area contributed by atoms with E-state index in [2.05, 4.69) is 10.3 Å². The molecule has 0 saturated heterocycles. The number of Topliss-reactive ketones (excluding diaryl/α,β-unsaturated/α-hetero) is 1. The predicted octanol–water partition coefficient (Wildman–Crippen LogP) is 4.12. The molecule has 7 nitrogen and oxygen atoms in total. The number of hydrogen-bond donors (Lipinski definition) is 1. The van der Waals surface area contributed by atoms with Gasteiger partial charge in [0.15, 0.2) is 5.78 Å². The van der Waals surface area contributed by atoms with Crippen molar-refractivity contribution in [1.82, 2.24) is 9.55 Å². The number of aryl methyl sites for hydroxylation is 1. The predicted molar refractivity (Wildman–Crippen MR) is 109 cm³/mol. The molecule has 7 heteroatoms. The highest BCUT2D eigenvalue weighted by molar-refractivity contribution is 6.03. The fourth-order valence-corrected chi connectivity index (χ4v) is 2.55. The van der Waals surface area contributed by atoms with Crippen molar-refractivity contribution in [3.63, 3.8) is 0 Å². The molecule has 0 aliphatic heterocycles. The van der Waals surface area contributed by atoms with Gasteiger partial charge in [0.05, 0.1) is 5.69 Å². The molecule has 0 aliphatic rings. The lowest BCUT2D eigenvalue weighted by molar-refractivity contribution is 0.0636. The fourth-order valence-electron chi connectivity index (χ4n) is 2.55. The second-order valence-corrected chi connectivity index (χ2v) is 7.81. The van der Waals surface area contributed by atoms with E-state index in [1.165, 1.54) is 6.07 Å². The lowest BCUT2D eigenvalue weighted by Crippen LogP contribution is -2.28. The number of aromatic nitrogens is 2. The Labute approximate surface area is 164 Å². The lowest BCUT2D eigenvalue weighted by atomic mass is 10.0. The van der Waals surface area contributed by atoms with Crippen molar-refractivity contribution < 1.29 is 14.3 Å². The number of carbonyl (C=O) groups excluding carboxylic acids is 2. The third-order valence-electron chi connectivity index (χ3n) is 3.94. The number of hydrogen-bond acceptors (Lipinski definition) is 5. The van der Waals surface area contributed by atoms with Crippen molar-refractivity contribution in [2.24, 2.45) is 5.92 Å². The molecular weight excluding hydrogens is 358 g/mol. The second-order valence-electron chi connectivity index (χ2n) is 7.81. The van der Waals surface area contributed by atoms with Gasteiger partial charge in [-0.3, -0.25) is 19.9 Å². The van der Waals surface area contributed by atoms with Crippen LogP contribution >= 0.6 is 0 Å². The average Bonchev–Trinajstić information content (AvgIpc) is 2.59. The van der Waals surface area contributed by atoms with Gasteiger partial charge >= 0.3 is 6.09 Å². The van der Waals surface area contributed by atoms with Crippen molar-refractivity contribution in [3.8, 4) is 11.1 Å². The first-order chi connectivity index (χ1) is 13.0. The van der Waals surface area contributed by atoms with Crippen LogP contribution < -0.4 is 10.9 Å². The molecule has 150 valence electrons. The summed E-state index contributed by atoms with van der Waals surface area (Å²) in [5.41, 5.74) is 1.11. The van der Waals surface area contributed by atoms with Crippen molar-refractivity contribution in [2.75, 3.05) is 5.32 Å². The van der Waals surface area contributed by atoms with Crippen molar-refractivity contribution >= 4 is 17.6 Å². The monoisotopic (exact) mass is 385 g/mol. The summed E-state index contributed by atoms with van der Waals surface area (Å²) in [6.07, 6.45) is 2.62. The van der Waals surface area contributed by atoms with E-state index in [0.717, 1.165) is 5.56 Å². The molecule has 2 heterocycles. The van der Waals surface area contributed by atoms with Gasteiger partial charge in [-0.1, -0.05) is 13.8 Å². The highest BCUT2D eigenvalue weighted by Crippen LogP contribution is 2.25. The zero-order valence-electron chi connectivity index (χ0n) is 17.2. The van der Waals surface area contributed by atoms with Crippen LogP contribution in [0.3, 0.4) is 0 Å². The van der Waals surface area contributed by atoms with Crippen LogP contribution in [0.25, 0.3) is 11.1 Å². The van der Waals surface area contributed by atoms with E-state index in [1.54, 1.807) is 63.7 Å². The van der Waals surface area contributed by atoms with Crippen molar-refractivity contribution in [2.45, 2.75) is 53.7 Å². The fraction of sp³-hybridized carbons (Fsp3) is 0.429. The van der Waals surface area contributed by atoms with Gasteiger partial charge in [-0.05, 0) is 45.4 Å². The molecular formula is C21H27N3O4. The molecule has 2 aromatic rings. The Bertz CT molecular complexity index is 939. The molecule has 0 saturated carbocycles. The summed E-state index contributed by atoms with van der Waals surface area (Å²) in [5.74, 6) is -0.462. The maximum atomic E-state index is 12.5. The summed E-state index contributed by atoms with van der Waals surface area (Å²) in [6.45, 7) is 11.2. The van der Waals surface area contributed by atoms with Crippen LogP contribution in [0, 0.1) is 5.92 Å². The quantitative estimate of drug-likeness (QED) is 0.782. The van der Waals surface area contributed by atoms with Gasteiger partial charge in [-0.15, -0.1) is 0 Å². The molecule has 0 fully saturated rings. The molecule has 0 radical (unpaired) electrons. The molecule has 2 aromatic heterocycles. The van der Waals surface area contributed by atoms with Gasteiger partial charge in [-0.25, -0.2) is 4.79 Å². The zero-order valence-corrected chi connectivity index (χ0v) is 17.2. The Morgan fingerprint density at radius 1 is 1.21 bits per heavy atom. The highest BCUT2D eigenvalue weighted by atomic mass is 16.6. The van der Waals surface area contributed by atoms with E-state index in [9.17, 15) is 14.4 Å². The third kappa shape index (κ3) is 5.28. The van der Waals surface area contributed by atoms with E-state index >= 15 is 0 Å². The summed E-state index contributed by atoms with van der Waals surface area (Å²) in [7, 11) is 0. The minimum atomic E-state index is -0.673. The van der Waals surface area contributed by atoms with Crippen LogP contribution in [0.5, 0.6) is 0 Å². The summed E-state index contributed by atoms with van der Waals surface area (Å²) in [4.78, 5) is 40.9. The third-order valence-corrected chi connectivity index (χ3v) is 3.94. The highest BCUT2D eigenvalue weighted by Gasteiger charge is 2.22. The normalized spacial score (nSPS) is 11.4. The topological polar surface area (TPSA) is 90.3 Å². The number of pyridine rings is 2. The number of nitrogens with zero attached hydrogens (tertiary/aromatic N) is 2. The largest absolute Gasteiger partial charge is 0.444 e. The van der Waals surface area contributed by atoms with Crippen LogP contribution in [0.15, 0.2) is 35.4 Å². The lowest BCUT2D eigenvalue weighted by Gasteiger charge is -2.20. The van der Waals surface area contributed by atoms with Crippen molar-refractivity contribution in [3.05, 3.63) is 46.6 Å². The molecule has 0 unspecified atom stereocenters. The van der Waals surface area contributed by atoms with E-state index in [4.69, 9.17) is 4.74 Å². The molecule has 0 bridgehead atoms. The van der Waals surface area contributed by atoms with Gasteiger partial charge in [0.1, 0.15) is 11.3 Å². The van der Waals surface area contributed by atoms with E-state index in [0.29, 0.717) is 12.1 Å². The Morgan fingerprint density at radius 3 is 2.46 bits per heavy atom. The second kappa shape index (κ2) is 8.37. The maximum Gasteiger partial charge on any atom is 0.412 e. The molecule has 0 aliphatic carbocycles. The Morgan fingerprint density at radius 2 is 1.89 bits per heavy atom. The van der Waals surface area contributed by atoms with Crippen LogP contribution in [0.2, 0.25) is 0 Å². The number of ether oxygens (including phenoxy) is 1. The Hall–Kier alpha value is -2.96. The number of anilines is 1. The van der Waals surface area contributed by atoms with Gasteiger partial charge < -0.3 is 9.30 Å². The zero-order chi connectivity index (χ0) is 21.1. The van der Waals surface area contributed by atoms with Crippen LogP contribution in [-0.2, 0) is 11.3 Å². The van der Waals surface area contributed by atoms with Crippen LogP contribution in [0.4, 0.5) is 10.5 Å². The summed E-state index contributed by atoms with van der Waals surface area (Å²) in [6, 6.07) is 4.84. The Kier molecular flexibility index (Phi) is 6.38. The number of carbonyl (C=O) groups is 2. The molecule has 0 spiro atoms. The van der Waals surface area contributed by atoms with Gasteiger partial charge in [0.25, 0.3) is 5.56 Å². The summed E-state index contributed by atoms with van der Waals surface area (Å²) < 4.78 is 6.87. The van der Waals surface area contributed by atoms with Crippen LogP contribution in [-0.4, -0.2) is 27.0 Å². The number of amides is 1. The molecule has 1 amide bonds. The SMILES string of the molecule is CCn1cc(-c2cnc(C(=O)C(C)C)c(NC(=O)OC(C)(C)C)c2)ccc1=O. The molecule has 0 atom stereocenters. The van der Waals surface area contributed by atoms with Gasteiger partial charge in [0.2, 0.25) is 0 Å². The van der Waals surface area contributed by atoms with E-state index in [1.807, 2.05) is 6.92 Å². The van der Waals surface area contributed by atoms with E-state index < -0.39 is 11.7 Å². The number of nitrogens with one attached hydrogen (secondary N) is 1. The van der Waals surface area contributed by atoms with Crippen molar-refractivity contribution in [1.29, 1.82) is 0 Å². The summed E-state index contributed by atoms with van der Waals surface area (Å²) >= 11 is 0. The number of rotatable bonds is 5. The number of ketones is 1. The average molecular weight is 385 g/mol. The Balaban J connectivity index is 2.49. The molecule has 2 rings (SSSR count). The van der Waals surface area contributed by atoms with E-state index in [-0.39, 0.29) is 28.6 Å². The van der Waals surface area contributed by atoms with Crippen LogP contribution in [0.1, 0.15) is 52.0 Å². The summed E-state index contributed by atoms with van der Waals surface area (Å²) in [5, 5.41) is 2.64. The maximum absolute atomic E-state index is 12.5. The molecule has 0 aromatic carbocycles. The van der Waals surface area contributed by atoms with Gasteiger partial charge in [-0.2, -0.15) is 0 Å². The molecule has 1 N–H and O–H groups in total.